The molecule has 0 saturated heterocycles. The van der Waals surface area contributed by atoms with Crippen LogP contribution in [0.25, 0.3) is 17.1 Å². The third-order valence-electron chi connectivity index (χ3n) is 5.11. The number of nitrogens with zero attached hydrogens (tertiary/aromatic N) is 3. The molecule has 4 rings (SSSR count). The first-order chi connectivity index (χ1) is 15.5. The Labute approximate surface area is 192 Å². The average molecular weight is 443 g/mol. The molecule has 6 heteroatoms. The molecule has 32 heavy (non-hydrogen) atoms. The van der Waals surface area contributed by atoms with Crippen LogP contribution in [0, 0.1) is 6.92 Å². The highest BCUT2D eigenvalue weighted by Gasteiger charge is 2.18. The van der Waals surface area contributed by atoms with Crippen LogP contribution in [0.5, 0.6) is 0 Å². The summed E-state index contributed by atoms with van der Waals surface area (Å²) in [6.45, 7) is 6.30. The number of carbonyl (C=O) groups excluding carboxylic acids is 1. The number of thioether (sulfide) groups is 1. The fourth-order valence-corrected chi connectivity index (χ4v) is 4.33. The quantitative estimate of drug-likeness (QED) is 0.352. The van der Waals surface area contributed by atoms with Crippen molar-refractivity contribution in [3.63, 3.8) is 0 Å². The predicted molar refractivity (Wildman–Crippen MR) is 131 cm³/mol. The number of amides is 1. The highest BCUT2D eigenvalue weighted by atomic mass is 32.2. The van der Waals surface area contributed by atoms with Crippen molar-refractivity contribution in [2.24, 2.45) is 0 Å². The number of carbonyl (C=O) groups is 1. The van der Waals surface area contributed by atoms with Crippen LogP contribution in [0.15, 0.2) is 84.0 Å². The Morgan fingerprint density at radius 1 is 0.969 bits per heavy atom. The smallest absolute Gasteiger partial charge is 0.234 e. The summed E-state index contributed by atoms with van der Waals surface area (Å²) in [6, 6.07) is 26.1. The third-order valence-corrected chi connectivity index (χ3v) is 6.04. The molecule has 0 spiro atoms. The molecule has 1 N–H and O–H groups in total. The number of hydrogen-bond donors (Lipinski definition) is 1. The summed E-state index contributed by atoms with van der Waals surface area (Å²) in [4.78, 5) is 12.7. The minimum absolute atomic E-state index is 0.0668. The first kappa shape index (κ1) is 21.8. The molecule has 5 nitrogen and oxygen atoms in total. The van der Waals surface area contributed by atoms with Gasteiger partial charge in [-0.3, -0.25) is 9.36 Å². The Morgan fingerprint density at radius 3 is 2.47 bits per heavy atom. The minimum Gasteiger partial charge on any atom is -0.325 e. The maximum Gasteiger partial charge on any atom is 0.234 e. The summed E-state index contributed by atoms with van der Waals surface area (Å²) in [6.07, 6.45) is 0. The molecule has 4 aromatic rings. The van der Waals surface area contributed by atoms with Crippen LogP contribution in [-0.2, 0) is 4.79 Å². The van der Waals surface area contributed by atoms with E-state index in [-0.39, 0.29) is 11.7 Å². The number of aromatic nitrogens is 3. The summed E-state index contributed by atoms with van der Waals surface area (Å²) in [5, 5.41) is 12.6. The van der Waals surface area contributed by atoms with Gasteiger partial charge in [0, 0.05) is 16.9 Å². The van der Waals surface area contributed by atoms with Crippen molar-refractivity contribution in [1.82, 2.24) is 14.8 Å². The second-order valence-corrected chi connectivity index (χ2v) is 8.87. The van der Waals surface area contributed by atoms with Crippen molar-refractivity contribution < 1.29 is 4.79 Å². The lowest BCUT2D eigenvalue weighted by atomic mass is 10.0. The van der Waals surface area contributed by atoms with Crippen molar-refractivity contribution >= 4 is 23.4 Å². The van der Waals surface area contributed by atoms with Crippen LogP contribution in [0.4, 0.5) is 5.69 Å². The molecular weight excluding hydrogens is 416 g/mol. The lowest BCUT2D eigenvalue weighted by molar-refractivity contribution is -0.113. The Bertz CT molecular complexity index is 1220. The summed E-state index contributed by atoms with van der Waals surface area (Å²) in [7, 11) is 0. The molecule has 0 aliphatic carbocycles. The van der Waals surface area contributed by atoms with E-state index in [1.54, 1.807) is 0 Å². The number of para-hydroxylation sites is 2. The lowest BCUT2D eigenvalue weighted by Crippen LogP contribution is -2.16. The molecule has 3 aromatic carbocycles. The maximum absolute atomic E-state index is 12.7. The van der Waals surface area contributed by atoms with Crippen LogP contribution < -0.4 is 5.32 Å². The van der Waals surface area contributed by atoms with Gasteiger partial charge in [-0.15, -0.1) is 10.2 Å². The van der Waals surface area contributed by atoms with Gasteiger partial charge in [-0.05, 0) is 42.7 Å². The fraction of sp³-hybridized carbons (Fsp3) is 0.192. The van der Waals surface area contributed by atoms with E-state index in [1.807, 2.05) is 71.3 Å². The number of hydrogen-bond acceptors (Lipinski definition) is 4. The monoisotopic (exact) mass is 442 g/mol. The highest BCUT2D eigenvalue weighted by molar-refractivity contribution is 7.99. The van der Waals surface area contributed by atoms with Crippen LogP contribution >= 0.6 is 11.8 Å². The normalized spacial score (nSPS) is 11.0. The SMILES string of the molecule is Cc1cccc(-c2nnc(SCC(=O)Nc3ccccc3C(C)C)n2-c2ccccc2)c1. The van der Waals surface area contributed by atoms with Crippen LogP contribution in [0.2, 0.25) is 0 Å². The number of benzene rings is 3. The van der Waals surface area contributed by atoms with Gasteiger partial charge >= 0.3 is 0 Å². The first-order valence-electron chi connectivity index (χ1n) is 10.6. The van der Waals surface area contributed by atoms with Gasteiger partial charge in [0.25, 0.3) is 0 Å². The molecule has 0 aliphatic rings. The predicted octanol–water partition coefficient (Wildman–Crippen LogP) is 6.10. The number of nitrogens with one attached hydrogen (secondary N) is 1. The summed E-state index contributed by atoms with van der Waals surface area (Å²) in [5.74, 6) is 1.26. The number of rotatable bonds is 7. The molecule has 1 amide bonds. The zero-order valence-electron chi connectivity index (χ0n) is 18.4. The molecule has 1 heterocycles. The van der Waals surface area contributed by atoms with E-state index in [1.165, 1.54) is 11.8 Å². The first-order valence-corrected chi connectivity index (χ1v) is 11.6. The molecule has 162 valence electrons. The Hall–Kier alpha value is -3.38. The Balaban J connectivity index is 1.59. The standard InChI is InChI=1S/C26H26N4OS/c1-18(2)22-14-7-8-15-23(22)27-24(31)17-32-26-29-28-25(20-11-9-10-19(3)16-20)30(26)21-12-5-4-6-13-21/h4-16,18H,17H2,1-3H3,(H,27,31). The summed E-state index contributed by atoms with van der Waals surface area (Å²) < 4.78 is 2.01. The zero-order chi connectivity index (χ0) is 22.5. The highest BCUT2D eigenvalue weighted by Crippen LogP contribution is 2.29. The second-order valence-electron chi connectivity index (χ2n) is 7.93. The van der Waals surface area contributed by atoms with Crippen molar-refractivity contribution in [2.75, 3.05) is 11.1 Å². The van der Waals surface area contributed by atoms with E-state index in [2.05, 4.69) is 48.4 Å². The van der Waals surface area contributed by atoms with Gasteiger partial charge in [-0.25, -0.2) is 0 Å². The maximum atomic E-state index is 12.7. The van der Waals surface area contributed by atoms with Crippen molar-refractivity contribution in [1.29, 1.82) is 0 Å². The summed E-state index contributed by atoms with van der Waals surface area (Å²) >= 11 is 1.38. The second kappa shape index (κ2) is 9.83. The fourth-order valence-electron chi connectivity index (χ4n) is 3.58. The minimum atomic E-state index is -0.0668. The van der Waals surface area contributed by atoms with Gasteiger partial charge in [0.15, 0.2) is 11.0 Å². The van der Waals surface area contributed by atoms with Gasteiger partial charge in [-0.1, -0.05) is 85.8 Å². The largest absolute Gasteiger partial charge is 0.325 e. The topological polar surface area (TPSA) is 59.8 Å². The van der Waals surface area contributed by atoms with Crippen LogP contribution in [0.3, 0.4) is 0 Å². The average Bonchev–Trinajstić information content (AvgIpc) is 3.22. The third kappa shape index (κ3) is 4.92. The van der Waals surface area contributed by atoms with Crippen molar-refractivity contribution in [2.45, 2.75) is 31.8 Å². The lowest BCUT2D eigenvalue weighted by Gasteiger charge is -2.14. The Morgan fingerprint density at radius 2 is 1.72 bits per heavy atom. The molecule has 0 atom stereocenters. The number of aryl methyl sites for hydroxylation is 1. The van der Waals surface area contributed by atoms with E-state index in [0.29, 0.717) is 11.1 Å². The van der Waals surface area contributed by atoms with Gasteiger partial charge < -0.3 is 5.32 Å². The van der Waals surface area contributed by atoms with E-state index in [0.717, 1.165) is 33.9 Å². The van der Waals surface area contributed by atoms with E-state index in [4.69, 9.17) is 0 Å². The molecule has 0 unspecified atom stereocenters. The molecule has 1 aromatic heterocycles. The van der Waals surface area contributed by atoms with Gasteiger partial charge in [0.2, 0.25) is 5.91 Å². The molecule has 0 saturated carbocycles. The van der Waals surface area contributed by atoms with E-state index in [9.17, 15) is 4.79 Å². The molecular formula is C26H26N4OS. The Kier molecular flexibility index (Phi) is 6.71. The van der Waals surface area contributed by atoms with Gasteiger partial charge in [-0.2, -0.15) is 0 Å². The van der Waals surface area contributed by atoms with E-state index < -0.39 is 0 Å². The van der Waals surface area contributed by atoms with E-state index >= 15 is 0 Å². The van der Waals surface area contributed by atoms with Gasteiger partial charge in [0.05, 0.1) is 5.75 Å². The summed E-state index contributed by atoms with van der Waals surface area (Å²) in [5.41, 5.74) is 5.09. The molecule has 0 aliphatic heterocycles. The van der Waals surface area contributed by atoms with Crippen molar-refractivity contribution in [3.05, 3.63) is 90.0 Å². The van der Waals surface area contributed by atoms with Crippen LogP contribution in [0.1, 0.15) is 30.9 Å². The zero-order valence-corrected chi connectivity index (χ0v) is 19.3. The molecule has 0 fully saturated rings. The molecule has 0 radical (unpaired) electrons. The number of anilines is 1. The van der Waals surface area contributed by atoms with Crippen molar-refractivity contribution in [3.8, 4) is 17.1 Å². The van der Waals surface area contributed by atoms with Crippen LogP contribution in [-0.4, -0.2) is 26.4 Å². The molecule has 0 bridgehead atoms. The van der Waals surface area contributed by atoms with Gasteiger partial charge in [0.1, 0.15) is 0 Å².